The second-order valence-corrected chi connectivity index (χ2v) is 4.78. The normalized spacial score (nSPS) is 12.6. The minimum absolute atomic E-state index is 0.0445. The third-order valence-electron chi connectivity index (χ3n) is 3.20. The third-order valence-corrected chi connectivity index (χ3v) is 3.20. The van der Waals surface area contributed by atoms with Gasteiger partial charge in [0.25, 0.3) is 5.91 Å². The first kappa shape index (κ1) is 14.5. The number of nitriles is 1. The lowest BCUT2D eigenvalue weighted by atomic mass is 10.1. The quantitative estimate of drug-likeness (QED) is 0.517. The summed E-state index contributed by atoms with van der Waals surface area (Å²) in [7, 11) is 0. The van der Waals surface area contributed by atoms with E-state index in [2.05, 4.69) is 5.32 Å². The van der Waals surface area contributed by atoms with E-state index in [1.807, 2.05) is 6.07 Å². The van der Waals surface area contributed by atoms with Crippen molar-refractivity contribution in [1.29, 1.82) is 5.26 Å². The maximum atomic E-state index is 12.1. The van der Waals surface area contributed by atoms with Gasteiger partial charge in [-0.15, -0.1) is 0 Å². The molecule has 6 nitrogen and oxygen atoms in total. The summed E-state index contributed by atoms with van der Waals surface area (Å²) in [6.45, 7) is 0.162. The van der Waals surface area contributed by atoms with Crippen molar-refractivity contribution in [2.45, 2.75) is 0 Å². The number of benzene rings is 2. The minimum Gasteiger partial charge on any atom is -0.508 e. The number of hydrogen-bond donors (Lipinski definition) is 2. The van der Waals surface area contributed by atoms with E-state index in [4.69, 9.17) is 9.47 Å². The largest absolute Gasteiger partial charge is 0.508 e. The molecule has 2 N–H and O–H groups in total. The van der Waals surface area contributed by atoms with Crippen LogP contribution in [-0.4, -0.2) is 17.8 Å². The van der Waals surface area contributed by atoms with Crippen LogP contribution in [0.4, 0.5) is 5.69 Å². The zero-order chi connectivity index (χ0) is 16.2. The highest BCUT2D eigenvalue weighted by atomic mass is 16.7. The van der Waals surface area contributed by atoms with E-state index < -0.39 is 5.91 Å². The Bertz CT molecular complexity index is 819. The van der Waals surface area contributed by atoms with Crippen molar-refractivity contribution in [3.05, 3.63) is 53.6 Å². The molecular weight excluding hydrogens is 296 g/mol. The molecule has 0 unspecified atom stereocenters. The van der Waals surface area contributed by atoms with E-state index in [0.717, 1.165) is 0 Å². The Hall–Kier alpha value is -3.46. The molecule has 2 aromatic rings. The number of aromatic hydroxyl groups is 1. The standard InChI is InChI=1S/C17H12N2O4/c18-9-12(17(21)19-13-2-4-14(20)5-3-13)7-11-1-6-15-16(8-11)23-10-22-15/h1-8,20H,10H2,(H,19,21). The Balaban J connectivity index is 1.80. The van der Waals surface area contributed by atoms with Crippen LogP contribution in [0.5, 0.6) is 17.2 Å². The van der Waals surface area contributed by atoms with Crippen LogP contribution in [0.25, 0.3) is 6.08 Å². The highest BCUT2D eigenvalue weighted by Crippen LogP contribution is 2.33. The summed E-state index contributed by atoms with van der Waals surface area (Å²) in [5.74, 6) is 0.777. The fraction of sp³-hybridized carbons (Fsp3) is 0.0588. The smallest absolute Gasteiger partial charge is 0.266 e. The molecule has 0 aromatic heterocycles. The maximum Gasteiger partial charge on any atom is 0.266 e. The third kappa shape index (κ3) is 3.24. The number of carbonyl (C=O) groups is 1. The first-order valence-corrected chi connectivity index (χ1v) is 6.77. The van der Waals surface area contributed by atoms with Gasteiger partial charge >= 0.3 is 0 Å². The van der Waals surface area contributed by atoms with Crippen molar-refractivity contribution in [3.63, 3.8) is 0 Å². The number of phenols is 1. The van der Waals surface area contributed by atoms with Gasteiger partial charge in [-0.1, -0.05) is 6.07 Å². The van der Waals surface area contributed by atoms with Crippen LogP contribution in [0, 0.1) is 11.3 Å². The van der Waals surface area contributed by atoms with Crippen LogP contribution in [0.2, 0.25) is 0 Å². The van der Waals surface area contributed by atoms with Gasteiger partial charge < -0.3 is 19.9 Å². The zero-order valence-corrected chi connectivity index (χ0v) is 11.9. The van der Waals surface area contributed by atoms with E-state index >= 15 is 0 Å². The lowest BCUT2D eigenvalue weighted by molar-refractivity contribution is -0.112. The van der Waals surface area contributed by atoms with Crippen molar-refractivity contribution >= 4 is 17.7 Å². The van der Waals surface area contributed by atoms with Crippen LogP contribution >= 0.6 is 0 Å². The predicted molar refractivity (Wildman–Crippen MR) is 82.9 cm³/mol. The lowest BCUT2D eigenvalue weighted by Gasteiger charge is -2.04. The van der Waals surface area contributed by atoms with Crippen LogP contribution in [-0.2, 0) is 4.79 Å². The predicted octanol–water partition coefficient (Wildman–Crippen LogP) is 2.67. The molecule has 3 rings (SSSR count). The summed E-state index contributed by atoms with van der Waals surface area (Å²) in [6, 6.07) is 13.0. The molecule has 0 radical (unpaired) electrons. The second-order valence-electron chi connectivity index (χ2n) is 4.78. The van der Waals surface area contributed by atoms with Gasteiger partial charge in [-0.2, -0.15) is 5.26 Å². The van der Waals surface area contributed by atoms with E-state index in [-0.39, 0.29) is 18.1 Å². The molecule has 0 aliphatic carbocycles. The van der Waals surface area contributed by atoms with Crippen LogP contribution in [0.3, 0.4) is 0 Å². The van der Waals surface area contributed by atoms with Gasteiger partial charge in [-0.05, 0) is 48.0 Å². The molecule has 1 aliphatic rings. The van der Waals surface area contributed by atoms with E-state index in [9.17, 15) is 15.2 Å². The van der Waals surface area contributed by atoms with Gasteiger partial charge in [0.15, 0.2) is 11.5 Å². The minimum atomic E-state index is -0.532. The maximum absolute atomic E-state index is 12.1. The highest BCUT2D eigenvalue weighted by Gasteiger charge is 2.14. The van der Waals surface area contributed by atoms with E-state index in [0.29, 0.717) is 22.7 Å². The molecule has 1 heterocycles. The molecule has 0 saturated heterocycles. The topological polar surface area (TPSA) is 91.6 Å². The van der Waals surface area contributed by atoms with Crippen LogP contribution < -0.4 is 14.8 Å². The molecule has 1 amide bonds. The molecule has 0 spiro atoms. The number of amides is 1. The number of ether oxygens (including phenoxy) is 2. The van der Waals surface area contributed by atoms with Crippen molar-refractivity contribution < 1.29 is 19.4 Å². The molecule has 0 atom stereocenters. The van der Waals surface area contributed by atoms with Crippen molar-refractivity contribution in [2.75, 3.05) is 12.1 Å². The fourth-order valence-corrected chi connectivity index (χ4v) is 2.06. The number of rotatable bonds is 3. The average molecular weight is 308 g/mol. The number of hydrogen-bond acceptors (Lipinski definition) is 5. The van der Waals surface area contributed by atoms with E-state index in [1.165, 1.54) is 18.2 Å². The number of anilines is 1. The molecule has 0 bridgehead atoms. The van der Waals surface area contributed by atoms with Crippen molar-refractivity contribution in [2.24, 2.45) is 0 Å². The summed E-state index contributed by atoms with van der Waals surface area (Å²) in [4.78, 5) is 12.1. The monoisotopic (exact) mass is 308 g/mol. The summed E-state index contributed by atoms with van der Waals surface area (Å²) >= 11 is 0. The van der Waals surface area contributed by atoms with E-state index in [1.54, 1.807) is 30.3 Å². The highest BCUT2D eigenvalue weighted by molar-refractivity contribution is 6.09. The fourth-order valence-electron chi connectivity index (χ4n) is 2.06. The van der Waals surface area contributed by atoms with Gasteiger partial charge in [0, 0.05) is 5.69 Å². The molecule has 114 valence electrons. The summed E-state index contributed by atoms with van der Waals surface area (Å²) < 4.78 is 10.5. The Kier molecular flexibility index (Phi) is 3.85. The Morgan fingerprint density at radius 1 is 1.17 bits per heavy atom. The van der Waals surface area contributed by atoms with Crippen molar-refractivity contribution in [3.8, 4) is 23.3 Å². The summed E-state index contributed by atoms with van der Waals surface area (Å²) in [5.41, 5.74) is 1.10. The molecule has 0 fully saturated rings. The van der Waals surface area contributed by atoms with Gasteiger partial charge in [-0.25, -0.2) is 0 Å². The molecule has 23 heavy (non-hydrogen) atoms. The van der Waals surface area contributed by atoms with Gasteiger partial charge in [0.05, 0.1) is 0 Å². The molecule has 1 aliphatic heterocycles. The Morgan fingerprint density at radius 2 is 1.91 bits per heavy atom. The Labute approximate surface area is 132 Å². The molecular formula is C17H12N2O4. The molecule has 6 heteroatoms. The summed E-state index contributed by atoms with van der Waals surface area (Å²) in [5, 5.41) is 21.0. The lowest BCUT2D eigenvalue weighted by Crippen LogP contribution is -2.13. The molecule has 0 saturated carbocycles. The van der Waals surface area contributed by atoms with Gasteiger partial charge in [0.2, 0.25) is 6.79 Å². The Morgan fingerprint density at radius 3 is 2.65 bits per heavy atom. The zero-order valence-electron chi connectivity index (χ0n) is 11.9. The SMILES string of the molecule is N#CC(=Cc1ccc2c(c1)OCO2)C(=O)Nc1ccc(O)cc1. The first-order valence-electron chi connectivity index (χ1n) is 6.77. The number of nitrogens with one attached hydrogen (secondary N) is 1. The average Bonchev–Trinajstić information content (AvgIpc) is 3.02. The number of carbonyl (C=O) groups excluding carboxylic acids is 1. The van der Waals surface area contributed by atoms with Gasteiger partial charge in [0.1, 0.15) is 17.4 Å². The number of fused-ring (bicyclic) bond motifs is 1. The van der Waals surface area contributed by atoms with Crippen LogP contribution in [0.15, 0.2) is 48.0 Å². The van der Waals surface area contributed by atoms with Crippen molar-refractivity contribution in [1.82, 2.24) is 0 Å². The summed E-state index contributed by atoms with van der Waals surface area (Å²) in [6.07, 6.45) is 1.47. The molecule has 2 aromatic carbocycles. The van der Waals surface area contributed by atoms with Crippen LogP contribution in [0.1, 0.15) is 5.56 Å². The number of phenolic OH excluding ortho intramolecular Hbond substituents is 1. The number of nitrogens with zero attached hydrogens (tertiary/aromatic N) is 1. The second kappa shape index (κ2) is 6.12. The van der Waals surface area contributed by atoms with Gasteiger partial charge in [-0.3, -0.25) is 4.79 Å². The first-order chi connectivity index (χ1) is 11.2.